The maximum absolute atomic E-state index is 13.0. The predicted molar refractivity (Wildman–Crippen MR) is 89.3 cm³/mol. The summed E-state index contributed by atoms with van der Waals surface area (Å²) in [5.41, 5.74) is 6.43. The number of rotatable bonds is 4. The van der Waals surface area contributed by atoms with Crippen LogP contribution in [0, 0.1) is 9.39 Å². The second-order valence-corrected chi connectivity index (χ2v) is 7.42. The van der Waals surface area contributed by atoms with Gasteiger partial charge in [0.2, 0.25) is 0 Å². The molecule has 0 aliphatic carbocycles. The zero-order valence-electron chi connectivity index (χ0n) is 10.6. The van der Waals surface area contributed by atoms with Gasteiger partial charge in [-0.2, -0.15) is 0 Å². The number of halogens is 3. The van der Waals surface area contributed by atoms with Crippen LogP contribution < -0.4 is 10.5 Å². The van der Waals surface area contributed by atoms with Gasteiger partial charge in [-0.1, -0.05) is 17.7 Å². The Balaban J connectivity index is 2.43. The van der Waals surface area contributed by atoms with Crippen molar-refractivity contribution in [3.8, 4) is 0 Å². The van der Waals surface area contributed by atoms with Crippen molar-refractivity contribution in [1.82, 2.24) is 0 Å². The van der Waals surface area contributed by atoms with Crippen LogP contribution >= 0.6 is 34.2 Å². The second-order valence-electron chi connectivity index (χ2n) is 4.20. The number of anilines is 1. The third-order valence-electron chi connectivity index (χ3n) is 2.70. The highest BCUT2D eigenvalue weighted by Crippen LogP contribution is 2.27. The monoisotopic (exact) mass is 440 g/mol. The van der Waals surface area contributed by atoms with Gasteiger partial charge in [0.05, 0.1) is 10.7 Å². The Bertz CT molecular complexity index is 784. The minimum absolute atomic E-state index is 0.0627. The van der Waals surface area contributed by atoms with Crippen LogP contribution in [-0.2, 0) is 16.6 Å². The van der Waals surface area contributed by atoms with Gasteiger partial charge in [-0.25, -0.2) is 12.8 Å². The van der Waals surface area contributed by atoms with Gasteiger partial charge in [0.1, 0.15) is 10.7 Å². The first-order valence-corrected chi connectivity index (χ1v) is 8.74. The highest BCUT2D eigenvalue weighted by molar-refractivity contribution is 14.1. The Kier molecular flexibility index (Phi) is 5.07. The molecule has 112 valence electrons. The van der Waals surface area contributed by atoms with Crippen LogP contribution in [0.25, 0.3) is 0 Å². The number of hydrogen-bond acceptors (Lipinski definition) is 3. The summed E-state index contributed by atoms with van der Waals surface area (Å²) in [5, 5.41) is 0.0943. The highest BCUT2D eigenvalue weighted by Gasteiger charge is 2.19. The normalized spacial score (nSPS) is 11.4. The van der Waals surface area contributed by atoms with Crippen molar-refractivity contribution in [2.45, 2.75) is 11.4 Å². The average Bonchev–Trinajstić information content (AvgIpc) is 2.42. The molecule has 4 nitrogen and oxygen atoms in total. The molecule has 0 atom stereocenters. The minimum Gasteiger partial charge on any atom is -0.326 e. The number of nitrogens with one attached hydrogen (secondary N) is 1. The molecule has 0 radical (unpaired) electrons. The Labute approximate surface area is 140 Å². The van der Waals surface area contributed by atoms with Crippen molar-refractivity contribution in [1.29, 1.82) is 0 Å². The molecule has 0 heterocycles. The molecule has 0 fully saturated rings. The van der Waals surface area contributed by atoms with E-state index < -0.39 is 15.8 Å². The standard InChI is InChI=1S/C13H11ClFIN2O2S/c14-10-3-1-8(7-17)5-13(10)21(19,20)18-12-4-2-9(15)6-11(12)16/h1-6,18H,7,17H2. The molecule has 3 N–H and O–H groups in total. The molecule has 21 heavy (non-hydrogen) atoms. The van der Waals surface area contributed by atoms with Gasteiger partial charge in [-0.15, -0.1) is 0 Å². The van der Waals surface area contributed by atoms with E-state index in [9.17, 15) is 12.8 Å². The second kappa shape index (κ2) is 6.47. The minimum atomic E-state index is -3.88. The lowest BCUT2D eigenvalue weighted by atomic mass is 10.2. The largest absolute Gasteiger partial charge is 0.326 e. The lowest BCUT2D eigenvalue weighted by Gasteiger charge is -2.12. The molecular formula is C13H11ClFIN2O2S. The maximum atomic E-state index is 13.0. The molecule has 0 aliphatic rings. The van der Waals surface area contributed by atoms with Crippen molar-refractivity contribution >= 4 is 49.9 Å². The quantitative estimate of drug-likeness (QED) is 0.716. The molecule has 0 unspecified atom stereocenters. The van der Waals surface area contributed by atoms with Gasteiger partial charge in [0, 0.05) is 10.1 Å². The van der Waals surface area contributed by atoms with E-state index in [-0.39, 0.29) is 22.2 Å². The Morgan fingerprint density at radius 3 is 2.57 bits per heavy atom. The maximum Gasteiger partial charge on any atom is 0.263 e. The Morgan fingerprint density at radius 2 is 1.95 bits per heavy atom. The molecule has 0 amide bonds. The molecular weight excluding hydrogens is 430 g/mol. The van der Waals surface area contributed by atoms with E-state index in [1.807, 2.05) is 22.6 Å². The summed E-state index contributed by atoms with van der Waals surface area (Å²) < 4.78 is 40.7. The topological polar surface area (TPSA) is 72.2 Å². The zero-order valence-corrected chi connectivity index (χ0v) is 14.3. The van der Waals surface area contributed by atoms with E-state index in [4.69, 9.17) is 17.3 Å². The third-order valence-corrected chi connectivity index (χ3v) is 5.44. The average molecular weight is 441 g/mol. The lowest BCUT2D eigenvalue weighted by molar-refractivity contribution is 0.601. The van der Waals surface area contributed by atoms with E-state index in [0.29, 0.717) is 9.13 Å². The predicted octanol–water partition coefficient (Wildman–Crippen LogP) is 3.34. The van der Waals surface area contributed by atoms with Crippen molar-refractivity contribution in [2.24, 2.45) is 5.73 Å². The molecule has 2 rings (SSSR count). The highest BCUT2D eigenvalue weighted by atomic mass is 127. The fourth-order valence-corrected chi connectivity index (χ4v) is 4.08. The van der Waals surface area contributed by atoms with Crippen molar-refractivity contribution < 1.29 is 12.8 Å². The number of benzene rings is 2. The summed E-state index contributed by atoms with van der Waals surface area (Å²) >= 11 is 7.80. The summed E-state index contributed by atoms with van der Waals surface area (Å²) in [6.45, 7) is 0.202. The van der Waals surface area contributed by atoms with Crippen LogP contribution in [0.5, 0.6) is 0 Å². The zero-order chi connectivity index (χ0) is 15.6. The Morgan fingerprint density at radius 1 is 1.24 bits per heavy atom. The molecule has 0 saturated heterocycles. The van der Waals surface area contributed by atoms with Gasteiger partial charge >= 0.3 is 0 Å². The molecule has 2 aromatic rings. The molecule has 0 saturated carbocycles. The van der Waals surface area contributed by atoms with E-state index in [2.05, 4.69) is 4.72 Å². The van der Waals surface area contributed by atoms with Gasteiger partial charge in [0.25, 0.3) is 10.0 Å². The fourth-order valence-electron chi connectivity index (χ4n) is 1.65. The number of hydrogen-bond donors (Lipinski definition) is 2. The van der Waals surface area contributed by atoms with Gasteiger partial charge in [0.15, 0.2) is 0 Å². The smallest absolute Gasteiger partial charge is 0.263 e. The first-order chi connectivity index (χ1) is 9.83. The van der Waals surface area contributed by atoms with Crippen LogP contribution in [0.15, 0.2) is 41.3 Å². The summed E-state index contributed by atoms with van der Waals surface area (Å²) in [4.78, 5) is -0.0627. The SMILES string of the molecule is NCc1ccc(Cl)c(S(=O)(=O)Nc2ccc(F)cc2I)c1. The van der Waals surface area contributed by atoms with E-state index >= 15 is 0 Å². The van der Waals surface area contributed by atoms with Crippen LogP contribution in [0.2, 0.25) is 5.02 Å². The van der Waals surface area contributed by atoms with Crippen molar-refractivity contribution in [3.63, 3.8) is 0 Å². The van der Waals surface area contributed by atoms with Gasteiger partial charge in [-0.05, 0) is 58.5 Å². The molecule has 8 heteroatoms. The van der Waals surface area contributed by atoms with E-state index in [0.717, 1.165) is 0 Å². The Hall–Kier alpha value is -0.900. The fraction of sp³-hybridized carbons (Fsp3) is 0.0769. The first-order valence-electron chi connectivity index (χ1n) is 5.80. The molecule has 0 aromatic heterocycles. The molecule has 2 aromatic carbocycles. The number of nitrogens with two attached hydrogens (primary N) is 1. The van der Waals surface area contributed by atoms with Gasteiger partial charge < -0.3 is 5.73 Å². The van der Waals surface area contributed by atoms with Crippen LogP contribution in [-0.4, -0.2) is 8.42 Å². The van der Waals surface area contributed by atoms with E-state index in [1.54, 1.807) is 6.07 Å². The molecule has 0 bridgehead atoms. The van der Waals surface area contributed by atoms with Crippen LogP contribution in [0.1, 0.15) is 5.56 Å². The van der Waals surface area contributed by atoms with E-state index in [1.165, 1.54) is 30.3 Å². The van der Waals surface area contributed by atoms with Crippen molar-refractivity contribution in [2.75, 3.05) is 4.72 Å². The van der Waals surface area contributed by atoms with Crippen molar-refractivity contribution in [3.05, 3.63) is 56.4 Å². The molecule has 0 spiro atoms. The summed E-state index contributed by atoms with van der Waals surface area (Å²) in [7, 11) is -3.88. The summed E-state index contributed by atoms with van der Waals surface area (Å²) in [6, 6.07) is 8.32. The van der Waals surface area contributed by atoms with Crippen LogP contribution in [0.3, 0.4) is 0 Å². The number of sulfonamides is 1. The van der Waals surface area contributed by atoms with Gasteiger partial charge in [-0.3, -0.25) is 4.72 Å². The summed E-state index contributed by atoms with van der Waals surface area (Å²) in [6.07, 6.45) is 0. The van der Waals surface area contributed by atoms with Crippen LogP contribution in [0.4, 0.5) is 10.1 Å². The lowest BCUT2D eigenvalue weighted by Crippen LogP contribution is -2.15. The third kappa shape index (κ3) is 3.85. The summed E-state index contributed by atoms with van der Waals surface area (Å²) in [5.74, 6) is -0.439. The molecule has 0 aliphatic heterocycles. The first kappa shape index (κ1) is 16.5.